The van der Waals surface area contributed by atoms with Gasteiger partial charge in [-0.3, -0.25) is 4.79 Å². The average molecular weight is 332 g/mol. The molecule has 0 bridgehead atoms. The molecule has 0 spiro atoms. The Bertz CT molecular complexity index is 1040. The first-order chi connectivity index (χ1) is 12.2. The van der Waals surface area contributed by atoms with Crippen molar-refractivity contribution >= 4 is 11.4 Å². The summed E-state index contributed by atoms with van der Waals surface area (Å²) in [5.41, 5.74) is 3.32. The molecule has 1 aliphatic heterocycles. The van der Waals surface area contributed by atoms with E-state index in [4.69, 9.17) is 4.74 Å². The predicted molar refractivity (Wildman–Crippen MR) is 90.3 cm³/mol. The molecule has 1 atom stereocenters. The summed E-state index contributed by atoms with van der Waals surface area (Å²) in [6, 6.07) is 10.0. The van der Waals surface area contributed by atoms with Crippen molar-refractivity contribution in [2.45, 2.75) is 32.1 Å². The van der Waals surface area contributed by atoms with Crippen LogP contribution < -0.4 is 4.74 Å². The van der Waals surface area contributed by atoms with Gasteiger partial charge in [-0.2, -0.15) is 5.10 Å². The van der Waals surface area contributed by atoms with Crippen molar-refractivity contribution in [2.24, 2.45) is 0 Å². The van der Waals surface area contributed by atoms with Crippen LogP contribution >= 0.6 is 0 Å². The molecule has 0 N–H and O–H groups in total. The second-order valence-electron chi connectivity index (χ2n) is 6.45. The summed E-state index contributed by atoms with van der Waals surface area (Å²) in [6.45, 7) is 1.84. The number of hydrogen-bond donors (Lipinski definition) is 0. The smallest absolute Gasteiger partial charge is 0.228 e. The monoisotopic (exact) mass is 332 g/mol. The maximum atomic E-state index is 12.8. The molecule has 1 aromatic carbocycles. The Morgan fingerprint density at radius 2 is 2.04 bits per heavy atom. The van der Waals surface area contributed by atoms with Crippen LogP contribution in [0.3, 0.4) is 0 Å². The maximum absolute atomic E-state index is 12.8. The molecule has 3 aromatic rings. The van der Waals surface area contributed by atoms with Crippen LogP contribution in [0.4, 0.5) is 0 Å². The van der Waals surface area contributed by atoms with Crippen molar-refractivity contribution < 1.29 is 9.53 Å². The van der Waals surface area contributed by atoms with Gasteiger partial charge in [0.1, 0.15) is 17.9 Å². The molecule has 0 radical (unpaired) electrons. The Labute approximate surface area is 144 Å². The minimum atomic E-state index is -0.215. The highest BCUT2D eigenvalue weighted by molar-refractivity contribution is 6.00. The lowest BCUT2D eigenvalue weighted by Crippen LogP contribution is -2.26. The maximum Gasteiger partial charge on any atom is 0.228 e. The highest BCUT2D eigenvalue weighted by Gasteiger charge is 2.39. The number of carbonyl (C=O) groups is 1. The van der Waals surface area contributed by atoms with Crippen molar-refractivity contribution in [3.8, 4) is 5.88 Å². The molecule has 2 aliphatic rings. The Hall–Kier alpha value is -3.02. The summed E-state index contributed by atoms with van der Waals surface area (Å²) in [4.78, 5) is 21.8. The third kappa shape index (κ3) is 2.10. The average Bonchev–Trinajstić information content (AvgIpc) is 3.01. The zero-order chi connectivity index (χ0) is 17.0. The minimum Gasteiger partial charge on any atom is -0.442 e. The van der Waals surface area contributed by atoms with Crippen molar-refractivity contribution in [1.82, 2.24) is 19.6 Å². The Morgan fingerprint density at radius 1 is 1.20 bits per heavy atom. The lowest BCUT2D eigenvalue weighted by atomic mass is 9.78. The van der Waals surface area contributed by atoms with Gasteiger partial charge in [0.05, 0.1) is 5.56 Å². The van der Waals surface area contributed by atoms with Gasteiger partial charge in [-0.05, 0) is 18.9 Å². The fraction of sp³-hybridized carbons (Fsp3) is 0.263. The molecule has 25 heavy (non-hydrogen) atoms. The number of hydrogen-bond acceptors (Lipinski definition) is 5. The zero-order valence-corrected chi connectivity index (χ0v) is 13.8. The standard InChI is InChI=1S/C19H16N4O2/c1-11-21-18-17-15(12-6-3-2-4-7-12)16-13(24)8-5-9-14(16)25-19(17)20-10-23(18)22-11/h2-4,6-7,10,15H,5,8-9H2,1H3/t15-/m0/s1. The molecule has 6 heteroatoms. The van der Waals surface area contributed by atoms with Crippen LogP contribution in [0.5, 0.6) is 5.88 Å². The fourth-order valence-electron chi connectivity index (χ4n) is 3.80. The molecule has 1 aliphatic carbocycles. The van der Waals surface area contributed by atoms with E-state index in [0.29, 0.717) is 23.8 Å². The van der Waals surface area contributed by atoms with Crippen molar-refractivity contribution in [3.63, 3.8) is 0 Å². The largest absolute Gasteiger partial charge is 0.442 e. The number of ketones is 1. The number of nitrogens with zero attached hydrogens (tertiary/aromatic N) is 4. The predicted octanol–water partition coefficient (Wildman–Crippen LogP) is 2.96. The van der Waals surface area contributed by atoms with E-state index in [0.717, 1.165) is 35.3 Å². The van der Waals surface area contributed by atoms with Crippen LogP contribution in [0.1, 0.15) is 42.1 Å². The van der Waals surface area contributed by atoms with Gasteiger partial charge in [-0.15, -0.1) is 0 Å². The lowest BCUT2D eigenvalue weighted by Gasteiger charge is -2.31. The van der Waals surface area contributed by atoms with Crippen molar-refractivity contribution in [2.75, 3.05) is 0 Å². The summed E-state index contributed by atoms with van der Waals surface area (Å²) >= 11 is 0. The fourth-order valence-corrected chi connectivity index (χ4v) is 3.80. The highest BCUT2D eigenvalue weighted by Crippen LogP contribution is 2.46. The van der Waals surface area contributed by atoms with Crippen LogP contribution in [0, 0.1) is 6.92 Å². The molecular formula is C19H16N4O2. The number of Topliss-reactive ketones (excluding diaryl/α,β-unsaturated/α-hetero) is 1. The summed E-state index contributed by atoms with van der Waals surface area (Å²) in [5, 5.41) is 4.36. The second kappa shape index (κ2) is 5.24. The van der Waals surface area contributed by atoms with E-state index in [1.165, 1.54) is 0 Å². The molecule has 0 saturated heterocycles. The Kier molecular flexibility index (Phi) is 3.00. The van der Waals surface area contributed by atoms with Gasteiger partial charge in [0.25, 0.3) is 0 Å². The molecule has 124 valence electrons. The Balaban J connectivity index is 1.84. The van der Waals surface area contributed by atoms with Crippen LogP contribution in [-0.4, -0.2) is 25.4 Å². The van der Waals surface area contributed by atoms with Gasteiger partial charge in [-0.25, -0.2) is 14.5 Å². The zero-order valence-electron chi connectivity index (χ0n) is 13.8. The third-order valence-corrected chi connectivity index (χ3v) is 4.83. The third-order valence-electron chi connectivity index (χ3n) is 4.83. The van der Waals surface area contributed by atoms with E-state index in [1.54, 1.807) is 10.8 Å². The summed E-state index contributed by atoms with van der Waals surface area (Å²) < 4.78 is 7.70. The summed E-state index contributed by atoms with van der Waals surface area (Å²) in [6.07, 6.45) is 3.76. The van der Waals surface area contributed by atoms with E-state index >= 15 is 0 Å². The minimum absolute atomic E-state index is 0.152. The summed E-state index contributed by atoms with van der Waals surface area (Å²) in [7, 11) is 0. The first-order valence-electron chi connectivity index (χ1n) is 8.43. The van der Waals surface area contributed by atoms with Gasteiger partial charge < -0.3 is 4.74 Å². The number of carbonyl (C=O) groups excluding carboxylic acids is 1. The van der Waals surface area contributed by atoms with Crippen LogP contribution in [0.25, 0.3) is 5.65 Å². The summed E-state index contributed by atoms with van der Waals surface area (Å²) in [5.74, 6) is 1.89. The van der Waals surface area contributed by atoms with Crippen molar-refractivity contribution in [3.05, 3.63) is 64.9 Å². The normalized spacial score (nSPS) is 19.6. The number of rotatable bonds is 1. The number of benzene rings is 1. The molecule has 2 aromatic heterocycles. The molecule has 0 amide bonds. The van der Waals surface area contributed by atoms with Gasteiger partial charge in [0, 0.05) is 24.3 Å². The van der Waals surface area contributed by atoms with E-state index in [9.17, 15) is 4.79 Å². The quantitative estimate of drug-likeness (QED) is 0.685. The number of allylic oxidation sites excluding steroid dienone is 2. The van der Waals surface area contributed by atoms with Gasteiger partial charge >= 0.3 is 0 Å². The number of fused-ring (bicyclic) bond motifs is 3. The molecular weight excluding hydrogens is 316 g/mol. The molecule has 5 rings (SSSR count). The lowest BCUT2D eigenvalue weighted by molar-refractivity contribution is -0.116. The number of aryl methyl sites for hydroxylation is 1. The number of ether oxygens (including phenoxy) is 1. The van der Waals surface area contributed by atoms with Gasteiger partial charge in [-0.1, -0.05) is 30.3 Å². The van der Waals surface area contributed by atoms with E-state index in [-0.39, 0.29) is 11.7 Å². The number of aromatic nitrogens is 4. The molecule has 0 fully saturated rings. The Morgan fingerprint density at radius 3 is 2.88 bits per heavy atom. The van der Waals surface area contributed by atoms with Crippen LogP contribution in [0.2, 0.25) is 0 Å². The SMILES string of the molecule is Cc1nc2c3c(ncn2n1)OC1=C(C(=O)CCC1)[C@@H]3c1ccccc1. The molecule has 3 heterocycles. The highest BCUT2D eigenvalue weighted by atomic mass is 16.5. The molecule has 0 unspecified atom stereocenters. The first kappa shape index (κ1) is 14.3. The van der Waals surface area contributed by atoms with Crippen molar-refractivity contribution in [1.29, 1.82) is 0 Å². The van der Waals surface area contributed by atoms with E-state index in [2.05, 4.69) is 15.1 Å². The van der Waals surface area contributed by atoms with Crippen LogP contribution in [0.15, 0.2) is 48.0 Å². The topological polar surface area (TPSA) is 69.4 Å². The molecule has 0 saturated carbocycles. The molecule has 6 nitrogen and oxygen atoms in total. The first-order valence-corrected chi connectivity index (χ1v) is 8.43. The van der Waals surface area contributed by atoms with Gasteiger partial charge in [0.2, 0.25) is 5.88 Å². The van der Waals surface area contributed by atoms with E-state index in [1.807, 2.05) is 37.3 Å². The van der Waals surface area contributed by atoms with Gasteiger partial charge in [0.15, 0.2) is 11.4 Å². The van der Waals surface area contributed by atoms with E-state index < -0.39 is 0 Å². The second-order valence-corrected chi connectivity index (χ2v) is 6.45. The van der Waals surface area contributed by atoms with Crippen LogP contribution in [-0.2, 0) is 4.79 Å².